The second-order valence-corrected chi connectivity index (χ2v) is 7.26. The van der Waals surface area contributed by atoms with E-state index in [9.17, 15) is 14.0 Å². The third kappa shape index (κ3) is 5.03. The summed E-state index contributed by atoms with van der Waals surface area (Å²) >= 11 is 0. The maximum atomic E-state index is 13.7. The zero-order valence-corrected chi connectivity index (χ0v) is 17.0. The van der Waals surface area contributed by atoms with E-state index in [2.05, 4.69) is 4.57 Å². The molecule has 0 amide bonds. The molecule has 1 atom stereocenters. The lowest BCUT2D eigenvalue weighted by Crippen LogP contribution is -2.18. The molecule has 1 aliphatic rings. The molecule has 1 fully saturated rings. The van der Waals surface area contributed by atoms with Crippen LogP contribution in [0.2, 0.25) is 0 Å². The van der Waals surface area contributed by atoms with E-state index in [1.165, 1.54) is 19.2 Å². The first kappa shape index (κ1) is 21.0. The lowest BCUT2D eigenvalue weighted by molar-refractivity contribution is -0.141. The van der Waals surface area contributed by atoms with Crippen LogP contribution in [0.3, 0.4) is 0 Å². The van der Waals surface area contributed by atoms with Crippen LogP contribution in [0.4, 0.5) is 4.39 Å². The molecule has 3 rings (SSSR count). The Morgan fingerprint density at radius 3 is 2.72 bits per heavy atom. The van der Waals surface area contributed by atoms with Crippen LogP contribution in [0.5, 0.6) is 5.75 Å². The van der Waals surface area contributed by atoms with Crippen molar-refractivity contribution in [3.63, 3.8) is 0 Å². The summed E-state index contributed by atoms with van der Waals surface area (Å²) in [7, 11) is 1.37. The summed E-state index contributed by atoms with van der Waals surface area (Å²) in [6.07, 6.45) is 2.13. The van der Waals surface area contributed by atoms with E-state index in [-0.39, 0.29) is 30.7 Å². The van der Waals surface area contributed by atoms with E-state index >= 15 is 0 Å². The van der Waals surface area contributed by atoms with Gasteiger partial charge in [0.05, 0.1) is 19.6 Å². The van der Waals surface area contributed by atoms with Crippen LogP contribution in [-0.4, -0.2) is 42.7 Å². The van der Waals surface area contributed by atoms with Crippen molar-refractivity contribution in [3.8, 4) is 5.75 Å². The molecular formula is C22H26FNO5. The molecule has 1 aliphatic heterocycles. The minimum absolute atomic E-state index is 0.107. The number of hydrogen-bond acceptors (Lipinski definition) is 5. The molecule has 0 radical (unpaired) electrons. The minimum Gasteiger partial charge on any atom is -0.494 e. The maximum Gasteiger partial charge on any atom is 0.310 e. The first-order valence-corrected chi connectivity index (χ1v) is 9.68. The summed E-state index contributed by atoms with van der Waals surface area (Å²) < 4.78 is 31.5. The van der Waals surface area contributed by atoms with E-state index in [0.29, 0.717) is 17.7 Å². The van der Waals surface area contributed by atoms with Crippen molar-refractivity contribution in [2.45, 2.75) is 45.8 Å². The number of aryl methyl sites for hydroxylation is 1. The molecule has 0 bridgehead atoms. The lowest BCUT2D eigenvalue weighted by atomic mass is 10.1. The highest BCUT2D eigenvalue weighted by Crippen LogP contribution is 2.21. The molecule has 1 aromatic heterocycles. The van der Waals surface area contributed by atoms with Crippen molar-refractivity contribution in [1.82, 2.24) is 4.57 Å². The Kier molecular flexibility index (Phi) is 6.69. The number of benzene rings is 1. The van der Waals surface area contributed by atoms with Gasteiger partial charge in [-0.1, -0.05) is 6.07 Å². The summed E-state index contributed by atoms with van der Waals surface area (Å²) in [5, 5.41) is 0. The molecule has 2 heterocycles. The summed E-state index contributed by atoms with van der Waals surface area (Å²) in [6.45, 7) is 4.99. The molecule has 156 valence electrons. The van der Waals surface area contributed by atoms with Gasteiger partial charge in [-0.05, 0) is 50.5 Å². The number of rotatable bonds is 8. The minimum atomic E-state index is -0.587. The number of Topliss-reactive ketones (excluding diaryl/α,β-unsaturated/α-hetero) is 1. The number of hydrogen-bond donors (Lipinski definition) is 0. The van der Waals surface area contributed by atoms with Gasteiger partial charge >= 0.3 is 5.97 Å². The first-order valence-electron chi connectivity index (χ1n) is 9.68. The van der Waals surface area contributed by atoms with Gasteiger partial charge in [-0.2, -0.15) is 0 Å². The molecule has 0 unspecified atom stereocenters. The highest BCUT2D eigenvalue weighted by molar-refractivity contribution is 5.99. The topological polar surface area (TPSA) is 66.8 Å². The molecule has 0 aliphatic carbocycles. The molecule has 0 spiro atoms. The summed E-state index contributed by atoms with van der Waals surface area (Å²) in [5.41, 5.74) is 2.82. The highest BCUT2D eigenvalue weighted by Gasteiger charge is 2.21. The van der Waals surface area contributed by atoms with Crippen molar-refractivity contribution in [2.24, 2.45) is 0 Å². The predicted octanol–water partition coefficient (Wildman–Crippen LogP) is 3.40. The fourth-order valence-electron chi connectivity index (χ4n) is 3.62. The Balaban J connectivity index is 1.57. The normalized spacial score (nSPS) is 16.1. The van der Waals surface area contributed by atoms with Crippen molar-refractivity contribution < 1.29 is 28.2 Å². The number of ketones is 1. The van der Waals surface area contributed by atoms with E-state index in [0.717, 1.165) is 30.8 Å². The number of halogens is 1. The number of carbonyl (C=O) groups is 2. The molecule has 2 aromatic rings. The van der Waals surface area contributed by atoms with Crippen molar-refractivity contribution in [3.05, 3.63) is 52.6 Å². The van der Waals surface area contributed by atoms with Crippen LogP contribution in [0, 0.1) is 19.7 Å². The summed E-state index contributed by atoms with van der Waals surface area (Å²) in [4.78, 5) is 24.6. The third-order valence-corrected chi connectivity index (χ3v) is 5.21. The van der Waals surface area contributed by atoms with E-state index in [1.807, 2.05) is 19.9 Å². The van der Waals surface area contributed by atoms with Gasteiger partial charge in [-0.15, -0.1) is 0 Å². The van der Waals surface area contributed by atoms with Gasteiger partial charge in [-0.25, -0.2) is 4.39 Å². The molecule has 1 aromatic carbocycles. The molecule has 1 saturated heterocycles. The number of aromatic nitrogens is 1. The monoisotopic (exact) mass is 403 g/mol. The summed E-state index contributed by atoms with van der Waals surface area (Å²) in [5.74, 6) is -1.29. The van der Waals surface area contributed by atoms with Crippen molar-refractivity contribution in [1.29, 1.82) is 0 Å². The van der Waals surface area contributed by atoms with Gasteiger partial charge < -0.3 is 18.8 Å². The van der Waals surface area contributed by atoms with Crippen LogP contribution in [0.15, 0.2) is 24.3 Å². The van der Waals surface area contributed by atoms with Gasteiger partial charge in [-0.3, -0.25) is 9.59 Å². The molecule has 0 N–H and O–H groups in total. The zero-order chi connectivity index (χ0) is 21.0. The largest absolute Gasteiger partial charge is 0.494 e. The van der Waals surface area contributed by atoms with Gasteiger partial charge in [0, 0.05) is 30.1 Å². The average Bonchev–Trinajstić information content (AvgIpc) is 3.30. The van der Waals surface area contributed by atoms with Crippen molar-refractivity contribution in [2.75, 3.05) is 20.3 Å². The van der Waals surface area contributed by atoms with E-state index in [4.69, 9.17) is 14.2 Å². The van der Waals surface area contributed by atoms with Gasteiger partial charge in [0.25, 0.3) is 0 Å². The fourth-order valence-corrected chi connectivity index (χ4v) is 3.62. The maximum absolute atomic E-state index is 13.7. The van der Waals surface area contributed by atoms with Gasteiger partial charge in [0.2, 0.25) is 5.78 Å². The molecule has 29 heavy (non-hydrogen) atoms. The number of nitrogens with zero attached hydrogens (tertiary/aromatic N) is 1. The van der Waals surface area contributed by atoms with Crippen LogP contribution >= 0.6 is 0 Å². The van der Waals surface area contributed by atoms with Crippen LogP contribution < -0.4 is 4.74 Å². The number of carbonyl (C=O) groups excluding carboxylic acids is 2. The van der Waals surface area contributed by atoms with Crippen LogP contribution in [0.1, 0.15) is 40.2 Å². The van der Waals surface area contributed by atoms with Crippen LogP contribution in [-0.2, 0) is 27.2 Å². The Labute approximate surface area is 169 Å². The average molecular weight is 403 g/mol. The number of esters is 1. The van der Waals surface area contributed by atoms with E-state index < -0.39 is 11.8 Å². The zero-order valence-electron chi connectivity index (χ0n) is 17.0. The van der Waals surface area contributed by atoms with Gasteiger partial charge in [0.15, 0.2) is 18.2 Å². The molecule has 6 nitrogen and oxygen atoms in total. The Morgan fingerprint density at radius 2 is 2.07 bits per heavy atom. The second-order valence-electron chi connectivity index (χ2n) is 7.26. The quantitative estimate of drug-likeness (QED) is 0.499. The number of ether oxygens (including phenoxy) is 3. The Bertz CT molecular complexity index is 899. The molecule has 7 heteroatoms. The fraction of sp³-hybridized carbons (Fsp3) is 0.455. The standard InChI is InChI=1S/C22H26FNO5/c1-14-9-18(15(2)24(14)12-17-5-4-8-28-17)20(25)13-29-22(26)11-16-6-7-21(27-3)19(23)10-16/h6-7,9-10,17H,4-5,8,11-13H2,1-3H3/t17-/m0/s1. The Morgan fingerprint density at radius 1 is 1.28 bits per heavy atom. The highest BCUT2D eigenvalue weighted by atomic mass is 19.1. The SMILES string of the molecule is COc1ccc(CC(=O)OCC(=O)c2cc(C)n(C[C@@H]3CCCO3)c2C)cc1F. The summed E-state index contributed by atoms with van der Waals surface area (Å²) in [6, 6.07) is 6.08. The molecule has 0 saturated carbocycles. The van der Waals surface area contributed by atoms with Crippen LogP contribution in [0.25, 0.3) is 0 Å². The Hall–Kier alpha value is -2.67. The third-order valence-electron chi connectivity index (χ3n) is 5.21. The van der Waals surface area contributed by atoms with E-state index in [1.54, 1.807) is 6.07 Å². The first-order chi connectivity index (χ1) is 13.9. The van der Waals surface area contributed by atoms with Gasteiger partial charge in [0.1, 0.15) is 0 Å². The number of methoxy groups -OCH3 is 1. The predicted molar refractivity (Wildman–Crippen MR) is 105 cm³/mol. The second kappa shape index (κ2) is 9.22. The smallest absolute Gasteiger partial charge is 0.310 e. The molecular weight excluding hydrogens is 377 g/mol. The lowest BCUT2D eigenvalue weighted by Gasteiger charge is -2.14. The van der Waals surface area contributed by atoms with Crippen molar-refractivity contribution >= 4 is 11.8 Å².